The lowest BCUT2D eigenvalue weighted by molar-refractivity contribution is -0.112. The smallest absolute Gasteiger partial charge is 0.187 e. The highest BCUT2D eigenvalue weighted by molar-refractivity contribution is 5.87. The van der Waals surface area contributed by atoms with E-state index in [1.165, 1.54) is 6.92 Å². The van der Waals surface area contributed by atoms with E-state index in [-0.39, 0.29) is 23.7 Å². The molecule has 0 rings (SSSR count). The van der Waals surface area contributed by atoms with Crippen LogP contribution in [0.5, 0.6) is 0 Å². The first-order valence-electron chi connectivity index (χ1n) is 4.13. The first kappa shape index (κ1) is 12.0. The number of hydrogen-bond donors (Lipinski definition) is 3. The third-order valence-corrected chi connectivity index (χ3v) is 1.52. The van der Waals surface area contributed by atoms with E-state index >= 15 is 0 Å². The van der Waals surface area contributed by atoms with Crippen molar-refractivity contribution >= 4 is 5.78 Å². The topological polar surface area (TPSA) is 69.6 Å². The fourth-order valence-corrected chi connectivity index (χ4v) is 0.629. The molecule has 0 bridgehead atoms. The van der Waals surface area contributed by atoms with Crippen LogP contribution in [0.1, 0.15) is 20.8 Å². The van der Waals surface area contributed by atoms with E-state index in [2.05, 4.69) is 5.32 Å². The van der Waals surface area contributed by atoms with Gasteiger partial charge >= 0.3 is 0 Å². The lowest BCUT2D eigenvalue weighted by atomic mass is 9.95. The molecule has 0 aromatic carbocycles. The van der Waals surface area contributed by atoms with Crippen LogP contribution in [0.25, 0.3) is 0 Å². The quantitative estimate of drug-likeness (QED) is 0.435. The number of ketones is 1. The minimum absolute atomic E-state index is 0.0212. The second kappa shape index (κ2) is 4.87. The molecule has 0 heterocycles. The van der Waals surface area contributed by atoms with Crippen molar-refractivity contribution < 1.29 is 15.0 Å². The number of carbonyl (C=O) groups is 1. The Balaban J connectivity index is 3.96. The van der Waals surface area contributed by atoms with Gasteiger partial charge in [-0.25, -0.2) is 0 Å². The van der Waals surface area contributed by atoms with Crippen LogP contribution >= 0.6 is 0 Å². The summed E-state index contributed by atoms with van der Waals surface area (Å²) in [6.07, 6.45) is 1.10. The molecule has 0 aromatic rings. The number of carbonyl (C=O) groups excluding carboxylic acids is 1. The highest BCUT2D eigenvalue weighted by Gasteiger charge is 2.16. The average molecular weight is 187 g/mol. The van der Waals surface area contributed by atoms with Crippen LogP contribution in [0.2, 0.25) is 0 Å². The van der Waals surface area contributed by atoms with Gasteiger partial charge in [0.2, 0.25) is 0 Å². The van der Waals surface area contributed by atoms with Gasteiger partial charge in [0.25, 0.3) is 0 Å². The first-order chi connectivity index (χ1) is 5.87. The van der Waals surface area contributed by atoms with Gasteiger partial charge in [-0.1, -0.05) is 13.8 Å². The lowest BCUT2D eigenvalue weighted by Gasteiger charge is -2.21. The zero-order valence-corrected chi connectivity index (χ0v) is 8.29. The Kier molecular flexibility index (Phi) is 4.48. The molecular formula is C9H17NO3. The summed E-state index contributed by atoms with van der Waals surface area (Å²) < 4.78 is 0. The van der Waals surface area contributed by atoms with Crippen LogP contribution in [-0.2, 0) is 4.79 Å². The van der Waals surface area contributed by atoms with Gasteiger partial charge in [-0.15, -0.1) is 0 Å². The summed E-state index contributed by atoms with van der Waals surface area (Å²) in [7, 11) is 0. The summed E-state index contributed by atoms with van der Waals surface area (Å²) in [5.74, 6) is -0.374. The predicted molar refractivity (Wildman–Crippen MR) is 50.3 cm³/mol. The normalized spacial score (nSPS) is 12.8. The van der Waals surface area contributed by atoms with Crippen molar-refractivity contribution in [2.75, 3.05) is 13.2 Å². The van der Waals surface area contributed by atoms with Crippen molar-refractivity contribution in [3.8, 4) is 0 Å². The van der Waals surface area contributed by atoms with Gasteiger partial charge in [-0.3, -0.25) is 4.79 Å². The Bertz CT molecular complexity index is 209. The van der Waals surface area contributed by atoms with Gasteiger partial charge in [0, 0.05) is 24.6 Å². The van der Waals surface area contributed by atoms with Crippen molar-refractivity contribution in [3.63, 3.8) is 0 Å². The van der Waals surface area contributed by atoms with E-state index in [4.69, 9.17) is 10.2 Å². The molecule has 0 radical (unpaired) electrons. The fraction of sp³-hybridized carbons (Fsp3) is 0.667. The maximum atomic E-state index is 10.5. The second-order valence-corrected chi connectivity index (χ2v) is 3.82. The molecule has 0 aliphatic heterocycles. The highest BCUT2D eigenvalue weighted by atomic mass is 16.3. The van der Waals surface area contributed by atoms with Crippen molar-refractivity contribution in [2.45, 2.75) is 20.8 Å². The van der Waals surface area contributed by atoms with Crippen LogP contribution < -0.4 is 5.32 Å². The van der Waals surface area contributed by atoms with E-state index in [0.717, 1.165) is 6.08 Å². The molecule has 0 unspecified atom stereocenters. The highest BCUT2D eigenvalue weighted by Crippen LogP contribution is 2.11. The standard InChI is InChI=1S/C9H17NO3/c1-7(12)4-8(13)10-5-9(2,3)6-11/h4,10-11,13H,5-6H2,1-3H3/b8-4-. The molecule has 4 nitrogen and oxygen atoms in total. The van der Waals surface area contributed by atoms with Crippen molar-refractivity contribution in [2.24, 2.45) is 5.41 Å². The van der Waals surface area contributed by atoms with E-state index in [1.54, 1.807) is 0 Å². The number of nitrogens with one attached hydrogen (secondary N) is 1. The molecule has 0 aliphatic carbocycles. The Hall–Kier alpha value is -1.03. The summed E-state index contributed by atoms with van der Waals surface area (Å²) in [5, 5.41) is 20.6. The molecule has 3 N–H and O–H groups in total. The van der Waals surface area contributed by atoms with Crippen LogP contribution in [0.4, 0.5) is 0 Å². The molecular weight excluding hydrogens is 170 g/mol. The molecule has 0 saturated carbocycles. The number of allylic oxidation sites excluding steroid dienone is 1. The molecule has 13 heavy (non-hydrogen) atoms. The average Bonchev–Trinajstić information content (AvgIpc) is 2.00. The molecule has 4 heteroatoms. The fourth-order valence-electron chi connectivity index (χ4n) is 0.629. The van der Waals surface area contributed by atoms with Crippen LogP contribution in [0, 0.1) is 5.41 Å². The summed E-state index contributed by atoms with van der Waals surface area (Å²) in [4.78, 5) is 10.5. The Morgan fingerprint density at radius 3 is 2.46 bits per heavy atom. The van der Waals surface area contributed by atoms with E-state index in [1.807, 2.05) is 13.8 Å². The van der Waals surface area contributed by atoms with Gasteiger partial charge < -0.3 is 15.5 Å². The Morgan fingerprint density at radius 1 is 1.54 bits per heavy atom. The van der Waals surface area contributed by atoms with Gasteiger partial charge in [0.15, 0.2) is 11.7 Å². The number of hydrogen-bond acceptors (Lipinski definition) is 4. The number of aliphatic hydroxyl groups excluding tert-OH is 2. The second-order valence-electron chi connectivity index (χ2n) is 3.82. The Labute approximate surface area is 78.3 Å². The number of aliphatic hydroxyl groups is 2. The van der Waals surface area contributed by atoms with Gasteiger partial charge in [-0.05, 0) is 6.92 Å². The van der Waals surface area contributed by atoms with E-state index < -0.39 is 0 Å². The maximum absolute atomic E-state index is 10.5. The third-order valence-electron chi connectivity index (χ3n) is 1.52. The Morgan fingerprint density at radius 2 is 2.08 bits per heavy atom. The molecule has 0 saturated heterocycles. The third kappa shape index (κ3) is 6.16. The van der Waals surface area contributed by atoms with Gasteiger partial charge in [0.05, 0.1) is 0 Å². The van der Waals surface area contributed by atoms with Crippen LogP contribution in [0.3, 0.4) is 0 Å². The SMILES string of the molecule is CC(=O)/C=C(\O)NCC(C)(C)CO. The zero-order valence-electron chi connectivity index (χ0n) is 8.29. The molecule has 0 aromatic heterocycles. The summed E-state index contributed by atoms with van der Waals surface area (Å²) in [6, 6.07) is 0. The molecule has 0 spiro atoms. The molecule has 0 aliphatic rings. The van der Waals surface area contributed by atoms with Crippen molar-refractivity contribution in [3.05, 3.63) is 12.0 Å². The van der Waals surface area contributed by atoms with E-state index in [9.17, 15) is 4.79 Å². The molecule has 76 valence electrons. The minimum Gasteiger partial charge on any atom is -0.495 e. The van der Waals surface area contributed by atoms with Crippen LogP contribution in [-0.4, -0.2) is 29.1 Å². The maximum Gasteiger partial charge on any atom is 0.187 e. The monoisotopic (exact) mass is 187 g/mol. The van der Waals surface area contributed by atoms with Gasteiger partial charge in [-0.2, -0.15) is 0 Å². The predicted octanol–water partition coefficient (Wildman–Crippen LogP) is 0.583. The molecule has 0 amide bonds. The van der Waals surface area contributed by atoms with Gasteiger partial charge in [0.1, 0.15) is 0 Å². The summed E-state index contributed by atoms with van der Waals surface area (Å²) in [6.45, 7) is 5.49. The minimum atomic E-state index is -0.307. The molecule has 0 fully saturated rings. The first-order valence-corrected chi connectivity index (χ1v) is 4.13. The number of rotatable bonds is 5. The van der Waals surface area contributed by atoms with Crippen molar-refractivity contribution in [1.29, 1.82) is 0 Å². The van der Waals surface area contributed by atoms with Crippen molar-refractivity contribution in [1.82, 2.24) is 5.32 Å². The summed E-state index contributed by atoms with van der Waals surface area (Å²) >= 11 is 0. The zero-order chi connectivity index (χ0) is 10.5. The van der Waals surface area contributed by atoms with Crippen LogP contribution in [0.15, 0.2) is 12.0 Å². The lowest BCUT2D eigenvalue weighted by Crippen LogP contribution is -2.32. The molecule has 0 atom stereocenters. The summed E-state index contributed by atoms with van der Waals surface area (Å²) in [5.41, 5.74) is -0.307. The largest absolute Gasteiger partial charge is 0.495 e. The van der Waals surface area contributed by atoms with E-state index in [0.29, 0.717) is 6.54 Å².